The van der Waals surface area contributed by atoms with Crippen LogP contribution >= 0.6 is 0 Å². The molecule has 6 rings (SSSR count). The van der Waals surface area contributed by atoms with Crippen molar-refractivity contribution in [3.05, 3.63) is 29.5 Å². The number of alkyl halides is 3. The van der Waals surface area contributed by atoms with Gasteiger partial charge in [0.25, 0.3) is 5.91 Å². The monoisotopic (exact) mass is 597 g/mol. The zero-order chi connectivity index (χ0) is 28.6. The van der Waals surface area contributed by atoms with Crippen molar-refractivity contribution in [3.63, 3.8) is 0 Å². The van der Waals surface area contributed by atoms with Gasteiger partial charge in [-0.05, 0) is 37.6 Å². The lowest BCUT2D eigenvalue weighted by Crippen LogP contribution is -2.44. The van der Waals surface area contributed by atoms with Crippen molar-refractivity contribution in [1.82, 2.24) is 24.5 Å². The van der Waals surface area contributed by atoms with E-state index in [4.69, 9.17) is 14.6 Å². The fourth-order valence-corrected chi connectivity index (χ4v) is 7.43. The van der Waals surface area contributed by atoms with Crippen LogP contribution in [0.5, 0.6) is 5.75 Å². The quantitative estimate of drug-likeness (QED) is 0.502. The van der Waals surface area contributed by atoms with E-state index < -0.39 is 22.9 Å². The van der Waals surface area contributed by atoms with Gasteiger partial charge in [0.15, 0.2) is 5.69 Å². The number of halogens is 3. The van der Waals surface area contributed by atoms with Crippen molar-refractivity contribution in [2.45, 2.75) is 35.9 Å². The molecule has 3 saturated heterocycles. The Kier molecular flexibility index (Phi) is 8.37. The Bertz CT molecular complexity index is 1290. The number of hydrogen-bond donors (Lipinski definition) is 0. The number of piperidine rings is 1. The van der Waals surface area contributed by atoms with Gasteiger partial charge in [0.2, 0.25) is 0 Å². The number of rotatable bonds is 6. The molecule has 1 aromatic carbocycles. The molecule has 0 radical (unpaired) electrons. The van der Waals surface area contributed by atoms with Gasteiger partial charge in [-0.1, -0.05) is 0 Å². The van der Waals surface area contributed by atoms with E-state index in [-0.39, 0.29) is 28.3 Å². The third-order valence-electron chi connectivity index (χ3n) is 8.13. The van der Waals surface area contributed by atoms with Gasteiger partial charge in [-0.25, -0.2) is 0 Å². The summed E-state index contributed by atoms with van der Waals surface area (Å²) in [5.74, 6) is -0.659. The molecule has 2 atom stereocenters. The van der Waals surface area contributed by atoms with E-state index >= 15 is 0 Å². The highest BCUT2D eigenvalue weighted by molar-refractivity contribution is 7.84. The number of ether oxygens (including phenoxy) is 3. The van der Waals surface area contributed by atoms with Crippen molar-refractivity contribution in [2.75, 3.05) is 78.8 Å². The maximum atomic E-state index is 13.7. The number of benzene rings is 1. The van der Waals surface area contributed by atoms with Crippen molar-refractivity contribution >= 4 is 16.7 Å². The number of morpholine rings is 2. The molecule has 2 aromatic rings. The Balaban J connectivity index is 1.33. The smallest absolute Gasteiger partial charge is 0.406 e. The molecule has 10 nitrogen and oxygen atoms in total. The maximum Gasteiger partial charge on any atom is 0.573 e. The Hall–Kier alpha value is -2.52. The zero-order valence-corrected chi connectivity index (χ0v) is 23.6. The second-order valence-corrected chi connectivity index (χ2v) is 12.2. The molecular weight excluding hydrogens is 563 g/mol. The Morgan fingerprint density at radius 2 is 1.73 bits per heavy atom. The molecule has 0 bridgehead atoms. The number of nitrogens with zero attached hydrogens (tertiary/aromatic N) is 5. The van der Waals surface area contributed by atoms with E-state index in [2.05, 4.69) is 14.5 Å². The van der Waals surface area contributed by atoms with Crippen LogP contribution < -0.4 is 4.74 Å². The first-order valence-electron chi connectivity index (χ1n) is 14.1. The molecule has 2 unspecified atom stereocenters. The van der Waals surface area contributed by atoms with E-state index in [1.54, 1.807) is 4.90 Å². The van der Waals surface area contributed by atoms with Crippen LogP contribution in [0, 0.1) is 0 Å². The number of carbonyl (C=O) groups is 1. The highest BCUT2D eigenvalue weighted by atomic mass is 32.2. The lowest BCUT2D eigenvalue weighted by atomic mass is 10.0. The summed E-state index contributed by atoms with van der Waals surface area (Å²) in [7, 11) is -1.67. The first kappa shape index (κ1) is 28.6. The van der Waals surface area contributed by atoms with Gasteiger partial charge in [-0.15, -0.1) is 13.2 Å². The van der Waals surface area contributed by atoms with Crippen molar-refractivity contribution < 1.29 is 36.4 Å². The van der Waals surface area contributed by atoms with Gasteiger partial charge in [0, 0.05) is 56.9 Å². The SMILES string of the molecule is O=C(c1nn(C2CCCN(CCN3CCOCC3)C2)c2c1CS(=O)c1cc(OC(F)(F)F)ccc1-2)N1CCOCC1. The summed E-state index contributed by atoms with van der Waals surface area (Å²) in [4.78, 5) is 20.4. The van der Waals surface area contributed by atoms with Crippen LogP contribution in [0.2, 0.25) is 0 Å². The number of aromatic nitrogens is 2. The van der Waals surface area contributed by atoms with E-state index in [1.165, 1.54) is 18.2 Å². The van der Waals surface area contributed by atoms with Crippen LogP contribution in [-0.2, 0) is 26.0 Å². The van der Waals surface area contributed by atoms with E-state index in [1.807, 2.05) is 4.68 Å². The first-order chi connectivity index (χ1) is 19.8. The fraction of sp³-hybridized carbons (Fsp3) is 0.630. The predicted molar refractivity (Wildman–Crippen MR) is 143 cm³/mol. The molecule has 0 N–H and O–H groups in total. The highest BCUT2D eigenvalue weighted by Gasteiger charge is 2.38. The average molecular weight is 598 g/mol. The summed E-state index contributed by atoms with van der Waals surface area (Å²) in [6, 6.07) is 3.89. The summed E-state index contributed by atoms with van der Waals surface area (Å²) in [6.45, 7) is 8.63. The van der Waals surface area contributed by atoms with E-state index in [0.717, 1.165) is 65.3 Å². The van der Waals surface area contributed by atoms with Gasteiger partial charge in [-0.3, -0.25) is 23.5 Å². The Morgan fingerprint density at radius 3 is 2.46 bits per heavy atom. The molecular formula is C27H34F3N5O5S. The topological polar surface area (TPSA) is 89.4 Å². The summed E-state index contributed by atoms with van der Waals surface area (Å²) in [5, 5.41) is 4.88. The molecule has 4 aliphatic rings. The van der Waals surface area contributed by atoms with Crippen LogP contribution in [0.25, 0.3) is 11.3 Å². The minimum Gasteiger partial charge on any atom is -0.406 e. The van der Waals surface area contributed by atoms with Gasteiger partial charge in [-0.2, -0.15) is 5.10 Å². The van der Waals surface area contributed by atoms with Gasteiger partial charge >= 0.3 is 6.36 Å². The molecule has 14 heteroatoms. The lowest BCUT2D eigenvalue weighted by Gasteiger charge is -2.36. The van der Waals surface area contributed by atoms with Gasteiger partial charge in [0.1, 0.15) is 5.75 Å². The average Bonchev–Trinajstić information content (AvgIpc) is 3.35. The predicted octanol–water partition coefficient (Wildman–Crippen LogP) is 2.51. The van der Waals surface area contributed by atoms with Crippen molar-refractivity contribution in [2.24, 2.45) is 0 Å². The van der Waals surface area contributed by atoms with Gasteiger partial charge in [0.05, 0.1) is 59.6 Å². The van der Waals surface area contributed by atoms with Crippen LogP contribution in [0.15, 0.2) is 23.1 Å². The third kappa shape index (κ3) is 6.31. The molecule has 3 fully saturated rings. The molecule has 4 aliphatic heterocycles. The maximum absolute atomic E-state index is 13.7. The third-order valence-corrected chi connectivity index (χ3v) is 9.51. The fourth-order valence-electron chi connectivity index (χ4n) is 6.08. The second kappa shape index (κ2) is 12.0. The number of likely N-dealkylation sites (tertiary alicyclic amines) is 1. The summed E-state index contributed by atoms with van der Waals surface area (Å²) < 4.78 is 69.0. The standard InChI is InChI=1S/C27H34F3N5O5S/c28-27(29,30)40-20-3-4-21-23(16-20)41(37)18-22-24(26(36)34-10-14-39-15-11-34)31-35(25(21)22)19-2-1-5-33(17-19)7-6-32-8-12-38-13-9-32/h3-4,16,19H,1-2,5-15,17-18H2. The number of fused-ring (bicyclic) bond motifs is 3. The molecule has 0 aliphatic carbocycles. The normalized spacial score (nSPS) is 24.1. The van der Waals surface area contributed by atoms with E-state index in [0.29, 0.717) is 43.1 Å². The van der Waals surface area contributed by atoms with Crippen LogP contribution in [0.1, 0.15) is 34.9 Å². The second-order valence-electron chi connectivity index (χ2n) is 10.8. The number of carbonyl (C=O) groups excluding carboxylic acids is 1. The minimum atomic E-state index is -4.86. The molecule has 41 heavy (non-hydrogen) atoms. The van der Waals surface area contributed by atoms with Crippen LogP contribution in [0.4, 0.5) is 13.2 Å². The Labute approximate surface area is 238 Å². The molecule has 0 saturated carbocycles. The van der Waals surface area contributed by atoms with Gasteiger partial charge < -0.3 is 19.1 Å². The summed E-state index contributed by atoms with van der Waals surface area (Å²) in [6.07, 6.45) is -3.06. The highest BCUT2D eigenvalue weighted by Crippen LogP contribution is 2.42. The summed E-state index contributed by atoms with van der Waals surface area (Å²) >= 11 is 0. The van der Waals surface area contributed by atoms with Crippen molar-refractivity contribution in [3.8, 4) is 17.0 Å². The lowest BCUT2D eigenvalue weighted by molar-refractivity contribution is -0.274. The zero-order valence-electron chi connectivity index (χ0n) is 22.7. The largest absolute Gasteiger partial charge is 0.573 e. The molecule has 224 valence electrons. The molecule has 5 heterocycles. The first-order valence-corrected chi connectivity index (χ1v) is 15.4. The molecule has 1 amide bonds. The van der Waals surface area contributed by atoms with Crippen molar-refractivity contribution in [1.29, 1.82) is 0 Å². The summed E-state index contributed by atoms with van der Waals surface area (Å²) in [5.41, 5.74) is 2.04. The number of hydrogen-bond acceptors (Lipinski definition) is 8. The minimum absolute atomic E-state index is 0.00329. The Morgan fingerprint density at radius 1 is 1.02 bits per heavy atom. The van der Waals surface area contributed by atoms with E-state index in [9.17, 15) is 22.2 Å². The molecule has 0 spiro atoms. The van der Waals surface area contributed by atoms with Crippen LogP contribution in [-0.4, -0.2) is 120 Å². The molecule has 1 aromatic heterocycles. The number of amides is 1. The van der Waals surface area contributed by atoms with Crippen LogP contribution in [0.3, 0.4) is 0 Å².